The monoisotopic (exact) mass is 330 g/mol. The molecule has 1 heterocycles. The van der Waals surface area contributed by atoms with E-state index in [-0.39, 0.29) is 21.4 Å². The molecule has 0 saturated heterocycles. The predicted molar refractivity (Wildman–Crippen MR) is 76.4 cm³/mol. The summed E-state index contributed by atoms with van der Waals surface area (Å²) in [4.78, 5) is 9.79. The minimum Gasteiger partial charge on any atom is -0.323 e. The second kappa shape index (κ2) is 5.59. The van der Waals surface area contributed by atoms with Crippen LogP contribution in [-0.4, -0.2) is 23.5 Å². The molecule has 0 unspecified atom stereocenters. The number of nitro benzene ring substituents is 1. The van der Waals surface area contributed by atoms with Crippen LogP contribution in [0.25, 0.3) is 0 Å². The van der Waals surface area contributed by atoms with Gasteiger partial charge in [-0.1, -0.05) is 11.3 Å². The maximum Gasteiger partial charge on any atom is 0.271 e. The summed E-state index contributed by atoms with van der Waals surface area (Å²) in [5, 5.41) is 18.7. The van der Waals surface area contributed by atoms with Gasteiger partial charge < -0.3 is 5.43 Å². The van der Waals surface area contributed by atoms with Crippen LogP contribution in [0.3, 0.4) is 0 Å². The molecule has 0 aliphatic rings. The summed E-state index contributed by atoms with van der Waals surface area (Å²) in [7, 11) is -3.99. The quantitative estimate of drug-likeness (QED) is 0.414. The first-order chi connectivity index (χ1) is 9.83. The van der Waals surface area contributed by atoms with Crippen LogP contribution in [0.2, 0.25) is 0 Å². The van der Waals surface area contributed by atoms with Crippen molar-refractivity contribution < 1.29 is 13.3 Å². The Kier molecular flexibility index (Phi) is 4.02. The lowest BCUT2D eigenvalue weighted by Crippen LogP contribution is -2.17. The molecule has 0 amide bonds. The highest BCUT2D eigenvalue weighted by Crippen LogP contribution is 2.28. The number of nitrogens with two attached hydrogens (primary N) is 1. The Morgan fingerprint density at radius 1 is 1.38 bits per heavy atom. The summed E-state index contributed by atoms with van der Waals surface area (Å²) >= 11 is 1.06. The fourth-order valence-electron chi connectivity index (χ4n) is 1.49. The minimum absolute atomic E-state index is 0.0915. The van der Waals surface area contributed by atoms with Crippen LogP contribution in [0.15, 0.2) is 23.1 Å². The van der Waals surface area contributed by atoms with Crippen molar-refractivity contribution in [3.8, 4) is 0 Å². The number of nitrogens with zero attached hydrogens (tertiary/aromatic N) is 3. The van der Waals surface area contributed by atoms with Gasteiger partial charge in [0.1, 0.15) is 9.90 Å². The van der Waals surface area contributed by atoms with Crippen molar-refractivity contribution in [1.82, 2.24) is 10.2 Å². The first kappa shape index (κ1) is 15.1. The number of sulfonamides is 1. The van der Waals surface area contributed by atoms with E-state index in [4.69, 9.17) is 5.84 Å². The Bertz CT molecular complexity index is 787. The van der Waals surface area contributed by atoms with Crippen LogP contribution < -0.4 is 16.0 Å². The molecule has 112 valence electrons. The zero-order valence-electron chi connectivity index (χ0n) is 10.6. The molecule has 0 aliphatic carbocycles. The van der Waals surface area contributed by atoms with Crippen molar-refractivity contribution in [2.75, 3.05) is 10.1 Å². The molecule has 0 spiro atoms. The third kappa shape index (κ3) is 3.24. The van der Waals surface area contributed by atoms with Crippen LogP contribution in [0, 0.1) is 17.0 Å². The Balaban J connectivity index is 2.42. The van der Waals surface area contributed by atoms with Crippen molar-refractivity contribution in [1.29, 1.82) is 0 Å². The van der Waals surface area contributed by atoms with E-state index in [9.17, 15) is 18.5 Å². The third-order valence-electron chi connectivity index (χ3n) is 2.37. The second-order valence-electron chi connectivity index (χ2n) is 3.81. The Morgan fingerprint density at radius 3 is 2.62 bits per heavy atom. The van der Waals surface area contributed by atoms with Gasteiger partial charge in [0.25, 0.3) is 15.7 Å². The van der Waals surface area contributed by atoms with Gasteiger partial charge in [0.2, 0.25) is 5.13 Å². The number of hydrogen-bond acceptors (Lipinski definition) is 9. The number of benzene rings is 1. The molecule has 0 radical (unpaired) electrons. The van der Waals surface area contributed by atoms with E-state index >= 15 is 0 Å². The molecule has 0 saturated carbocycles. The van der Waals surface area contributed by atoms with Gasteiger partial charge in [-0.15, -0.1) is 10.2 Å². The SMILES string of the molecule is Cc1nnc(NS(=O)(=O)c2ccc([N+](=O)[O-])cc2NN)s1. The van der Waals surface area contributed by atoms with Crippen LogP contribution in [-0.2, 0) is 10.0 Å². The van der Waals surface area contributed by atoms with Gasteiger partial charge in [-0.3, -0.25) is 20.7 Å². The number of aryl methyl sites for hydroxylation is 1. The maximum atomic E-state index is 12.2. The fourth-order valence-corrected chi connectivity index (χ4v) is 3.46. The zero-order chi connectivity index (χ0) is 15.6. The molecule has 0 bridgehead atoms. The van der Waals surface area contributed by atoms with Crippen LogP contribution in [0.5, 0.6) is 0 Å². The van der Waals surface area contributed by atoms with E-state index in [2.05, 4.69) is 20.3 Å². The number of hydrazine groups is 1. The van der Waals surface area contributed by atoms with Gasteiger partial charge in [0, 0.05) is 12.1 Å². The lowest BCUT2D eigenvalue weighted by Gasteiger charge is -2.09. The molecule has 0 fully saturated rings. The number of aromatic nitrogens is 2. The number of anilines is 2. The van der Waals surface area contributed by atoms with E-state index in [0.717, 1.165) is 29.5 Å². The molecule has 21 heavy (non-hydrogen) atoms. The molecule has 0 aliphatic heterocycles. The molecule has 2 rings (SSSR count). The predicted octanol–water partition coefficient (Wildman–Crippen LogP) is 0.841. The van der Waals surface area contributed by atoms with E-state index in [0.29, 0.717) is 5.01 Å². The summed E-state index contributed by atoms with van der Waals surface area (Å²) in [5.41, 5.74) is 1.75. The molecule has 1 aromatic carbocycles. The molecular formula is C9H10N6O4S2. The van der Waals surface area contributed by atoms with Crippen molar-refractivity contribution in [3.05, 3.63) is 33.3 Å². The normalized spacial score (nSPS) is 11.1. The van der Waals surface area contributed by atoms with Crippen molar-refractivity contribution >= 4 is 37.9 Å². The van der Waals surface area contributed by atoms with E-state index in [1.54, 1.807) is 6.92 Å². The van der Waals surface area contributed by atoms with Crippen molar-refractivity contribution in [3.63, 3.8) is 0 Å². The Hall–Kier alpha value is -2.31. The van der Waals surface area contributed by atoms with Crippen LogP contribution >= 0.6 is 11.3 Å². The van der Waals surface area contributed by atoms with E-state index < -0.39 is 14.9 Å². The maximum absolute atomic E-state index is 12.2. The first-order valence-corrected chi connectivity index (χ1v) is 7.71. The van der Waals surface area contributed by atoms with Crippen LogP contribution in [0.1, 0.15) is 5.01 Å². The molecule has 4 N–H and O–H groups in total. The number of non-ortho nitro benzene ring substituents is 1. The number of nitrogen functional groups attached to an aromatic ring is 1. The highest BCUT2D eigenvalue weighted by atomic mass is 32.2. The van der Waals surface area contributed by atoms with Gasteiger partial charge in [0.15, 0.2) is 0 Å². The molecule has 2 aromatic rings. The average Bonchev–Trinajstić information content (AvgIpc) is 2.82. The largest absolute Gasteiger partial charge is 0.323 e. The summed E-state index contributed by atoms with van der Waals surface area (Å²) in [6.07, 6.45) is 0. The molecule has 12 heteroatoms. The lowest BCUT2D eigenvalue weighted by molar-refractivity contribution is -0.384. The van der Waals surface area contributed by atoms with Crippen molar-refractivity contribution in [2.45, 2.75) is 11.8 Å². The topological polar surface area (TPSA) is 153 Å². The fraction of sp³-hybridized carbons (Fsp3) is 0.111. The molecular weight excluding hydrogens is 320 g/mol. The molecule has 0 atom stereocenters. The Morgan fingerprint density at radius 2 is 2.10 bits per heavy atom. The number of nitro groups is 1. The smallest absolute Gasteiger partial charge is 0.271 e. The van der Waals surface area contributed by atoms with E-state index in [1.807, 2.05) is 0 Å². The van der Waals surface area contributed by atoms with Gasteiger partial charge in [-0.25, -0.2) is 8.42 Å². The van der Waals surface area contributed by atoms with Gasteiger partial charge in [-0.05, 0) is 13.0 Å². The molecule has 10 nitrogen and oxygen atoms in total. The molecule has 1 aromatic heterocycles. The number of nitrogens with one attached hydrogen (secondary N) is 2. The second-order valence-corrected chi connectivity index (χ2v) is 6.65. The zero-order valence-corrected chi connectivity index (χ0v) is 12.2. The average molecular weight is 330 g/mol. The third-order valence-corrected chi connectivity index (χ3v) is 4.65. The highest BCUT2D eigenvalue weighted by Gasteiger charge is 2.22. The minimum atomic E-state index is -3.99. The first-order valence-electron chi connectivity index (χ1n) is 5.41. The summed E-state index contributed by atoms with van der Waals surface area (Å²) < 4.78 is 26.7. The number of rotatable bonds is 5. The summed E-state index contributed by atoms with van der Waals surface area (Å²) in [6.45, 7) is 1.67. The lowest BCUT2D eigenvalue weighted by atomic mass is 10.3. The van der Waals surface area contributed by atoms with Crippen LogP contribution in [0.4, 0.5) is 16.5 Å². The van der Waals surface area contributed by atoms with Crippen molar-refractivity contribution in [2.24, 2.45) is 5.84 Å². The van der Waals surface area contributed by atoms with E-state index in [1.165, 1.54) is 0 Å². The summed E-state index contributed by atoms with van der Waals surface area (Å²) in [5.74, 6) is 5.22. The standard InChI is InChI=1S/C9H10N6O4S2/c1-5-12-13-9(20-5)14-21(18,19)8-3-2-6(15(16)17)4-7(8)11-10/h2-4,11H,10H2,1H3,(H,13,14). The Labute approximate surface area is 123 Å². The summed E-state index contributed by atoms with van der Waals surface area (Å²) in [6, 6.07) is 3.18. The van der Waals surface area contributed by atoms with Gasteiger partial charge in [-0.2, -0.15) is 0 Å². The number of hydrogen-bond donors (Lipinski definition) is 3. The highest BCUT2D eigenvalue weighted by molar-refractivity contribution is 7.93. The van der Waals surface area contributed by atoms with Gasteiger partial charge >= 0.3 is 0 Å². The van der Waals surface area contributed by atoms with Gasteiger partial charge in [0.05, 0.1) is 10.6 Å².